The van der Waals surface area contributed by atoms with Crippen molar-refractivity contribution in [2.75, 3.05) is 0 Å². The molecule has 0 saturated heterocycles. The maximum Gasteiger partial charge on any atom is 0.191 e. The topological polar surface area (TPSA) is 30.7 Å². The Balaban J connectivity index is 1.85. The minimum atomic E-state index is 0.767. The highest BCUT2D eigenvalue weighted by Gasteiger charge is 2.17. The summed E-state index contributed by atoms with van der Waals surface area (Å²) in [5, 5.41) is 12.9. The quantitative estimate of drug-likeness (QED) is 0.495. The van der Waals surface area contributed by atoms with Gasteiger partial charge in [-0.3, -0.25) is 0 Å². The van der Waals surface area contributed by atoms with Gasteiger partial charge in [-0.25, -0.2) is 0 Å². The van der Waals surface area contributed by atoms with Crippen molar-refractivity contribution in [3.05, 3.63) is 50.7 Å². The maximum absolute atomic E-state index is 5.95. The predicted octanol–water partition coefficient (Wildman–Crippen LogP) is 5.98. The van der Waals surface area contributed by atoms with Crippen molar-refractivity contribution in [2.45, 2.75) is 44.6 Å². The van der Waals surface area contributed by atoms with Crippen molar-refractivity contribution < 1.29 is 0 Å². The minimum Gasteiger partial charge on any atom is -0.302 e. The second-order valence-corrected chi connectivity index (χ2v) is 8.17. The highest BCUT2D eigenvalue weighted by atomic mass is 35.5. The Kier molecular flexibility index (Phi) is 5.64. The number of aromatic nitrogens is 3. The zero-order valence-electron chi connectivity index (χ0n) is 14.0. The molecule has 0 radical (unpaired) electrons. The number of nitrogens with zero attached hydrogens (tertiary/aromatic N) is 3. The summed E-state index contributed by atoms with van der Waals surface area (Å²) < 4.78 is 2.25. The molecule has 0 aliphatic rings. The Labute approximate surface area is 156 Å². The second kappa shape index (κ2) is 7.72. The van der Waals surface area contributed by atoms with Crippen molar-refractivity contribution in [3.8, 4) is 11.4 Å². The van der Waals surface area contributed by atoms with Crippen LogP contribution in [0.1, 0.15) is 29.3 Å². The number of thioether (sulfide) groups is 1. The van der Waals surface area contributed by atoms with Crippen LogP contribution in [0.15, 0.2) is 34.8 Å². The molecule has 0 fully saturated rings. The standard InChI is InChI=1S/C18H20ClN3S2/c1-4-9-22-17(16-11-23-13(3)12(16)2)20-21-18(22)24-10-14-5-7-15(19)8-6-14/h5-8,11H,4,9-10H2,1-3H3. The van der Waals surface area contributed by atoms with Gasteiger partial charge in [0.25, 0.3) is 0 Å². The van der Waals surface area contributed by atoms with Gasteiger partial charge in [0.15, 0.2) is 11.0 Å². The van der Waals surface area contributed by atoms with Crippen LogP contribution in [-0.2, 0) is 12.3 Å². The van der Waals surface area contributed by atoms with Crippen molar-refractivity contribution in [3.63, 3.8) is 0 Å². The van der Waals surface area contributed by atoms with Crippen LogP contribution in [0.25, 0.3) is 11.4 Å². The van der Waals surface area contributed by atoms with E-state index in [9.17, 15) is 0 Å². The molecule has 3 nitrogen and oxygen atoms in total. The van der Waals surface area contributed by atoms with Crippen molar-refractivity contribution in [1.29, 1.82) is 0 Å². The third kappa shape index (κ3) is 3.68. The summed E-state index contributed by atoms with van der Waals surface area (Å²) in [5.74, 6) is 1.85. The lowest BCUT2D eigenvalue weighted by molar-refractivity contribution is 0.626. The third-order valence-electron chi connectivity index (χ3n) is 3.97. The van der Waals surface area contributed by atoms with E-state index in [1.165, 1.54) is 21.6 Å². The fourth-order valence-corrected chi connectivity index (χ4v) is 4.39. The first-order valence-corrected chi connectivity index (χ1v) is 10.2. The number of hydrogen-bond donors (Lipinski definition) is 0. The van der Waals surface area contributed by atoms with Crippen molar-refractivity contribution in [2.24, 2.45) is 0 Å². The van der Waals surface area contributed by atoms with E-state index in [1.54, 1.807) is 23.1 Å². The van der Waals surface area contributed by atoms with Gasteiger partial charge < -0.3 is 4.57 Å². The van der Waals surface area contributed by atoms with Gasteiger partial charge >= 0.3 is 0 Å². The normalized spacial score (nSPS) is 11.2. The Morgan fingerprint density at radius 2 is 1.92 bits per heavy atom. The fraction of sp³-hybridized carbons (Fsp3) is 0.333. The van der Waals surface area contributed by atoms with E-state index in [1.807, 2.05) is 12.1 Å². The van der Waals surface area contributed by atoms with Gasteiger partial charge in [-0.1, -0.05) is 42.4 Å². The lowest BCUT2D eigenvalue weighted by Crippen LogP contribution is -2.02. The summed E-state index contributed by atoms with van der Waals surface area (Å²) in [7, 11) is 0. The van der Waals surface area contributed by atoms with Crippen LogP contribution in [0, 0.1) is 13.8 Å². The van der Waals surface area contributed by atoms with Gasteiger partial charge in [-0.05, 0) is 43.5 Å². The summed E-state index contributed by atoms with van der Waals surface area (Å²) in [5.41, 5.74) is 3.75. The lowest BCUT2D eigenvalue weighted by Gasteiger charge is -2.09. The van der Waals surface area contributed by atoms with E-state index in [4.69, 9.17) is 11.6 Å². The van der Waals surface area contributed by atoms with Crippen molar-refractivity contribution in [1.82, 2.24) is 14.8 Å². The summed E-state index contributed by atoms with van der Waals surface area (Å²) in [6, 6.07) is 7.97. The molecule has 0 N–H and O–H groups in total. The monoisotopic (exact) mass is 377 g/mol. The van der Waals surface area contributed by atoms with E-state index in [0.29, 0.717) is 0 Å². The van der Waals surface area contributed by atoms with E-state index < -0.39 is 0 Å². The van der Waals surface area contributed by atoms with Gasteiger partial charge in [-0.15, -0.1) is 21.5 Å². The minimum absolute atomic E-state index is 0.767. The first kappa shape index (κ1) is 17.5. The molecule has 2 heterocycles. The highest BCUT2D eigenvalue weighted by Crippen LogP contribution is 2.32. The zero-order valence-corrected chi connectivity index (χ0v) is 16.4. The van der Waals surface area contributed by atoms with E-state index >= 15 is 0 Å². The largest absolute Gasteiger partial charge is 0.302 e. The summed E-state index contributed by atoms with van der Waals surface area (Å²) in [4.78, 5) is 1.34. The first-order chi connectivity index (χ1) is 11.6. The molecule has 0 spiro atoms. The molecule has 0 atom stereocenters. The van der Waals surface area contributed by atoms with Gasteiger partial charge in [0.2, 0.25) is 0 Å². The van der Waals surface area contributed by atoms with E-state index in [-0.39, 0.29) is 0 Å². The SMILES string of the molecule is CCCn1c(SCc2ccc(Cl)cc2)nnc1-c1csc(C)c1C. The van der Waals surface area contributed by atoms with Gasteiger partial charge in [-0.2, -0.15) is 0 Å². The van der Waals surface area contributed by atoms with Crippen LogP contribution >= 0.6 is 34.7 Å². The van der Waals surface area contributed by atoms with Crippen LogP contribution in [0.3, 0.4) is 0 Å². The predicted molar refractivity (Wildman–Crippen MR) is 104 cm³/mol. The lowest BCUT2D eigenvalue weighted by atomic mass is 10.1. The average Bonchev–Trinajstić information content (AvgIpc) is 3.12. The molecule has 6 heteroatoms. The highest BCUT2D eigenvalue weighted by molar-refractivity contribution is 7.98. The Bertz CT molecular complexity index is 821. The molecule has 1 aromatic carbocycles. The molecule has 0 unspecified atom stereocenters. The molecule has 3 aromatic rings. The van der Waals surface area contributed by atoms with E-state index in [2.05, 4.69) is 53.0 Å². The number of hydrogen-bond acceptors (Lipinski definition) is 4. The molecular weight excluding hydrogens is 358 g/mol. The average molecular weight is 378 g/mol. The second-order valence-electron chi connectivity index (χ2n) is 5.70. The number of rotatable bonds is 6. The molecule has 0 saturated carbocycles. The molecule has 0 bridgehead atoms. The first-order valence-electron chi connectivity index (χ1n) is 7.95. The number of benzene rings is 1. The van der Waals surface area contributed by atoms with Gasteiger partial charge in [0.1, 0.15) is 0 Å². The Morgan fingerprint density at radius 3 is 2.54 bits per heavy atom. The molecule has 0 amide bonds. The van der Waals surface area contributed by atoms with Crippen LogP contribution in [0.4, 0.5) is 0 Å². The number of aryl methyl sites for hydroxylation is 1. The Morgan fingerprint density at radius 1 is 1.17 bits per heavy atom. The molecule has 0 aliphatic carbocycles. The summed E-state index contributed by atoms with van der Waals surface area (Å²) >= 11 is 9.45. The van der Waals surface area contributed by atoms with Crippen LogP contribution in [-0.4, -0.2) is 14.8 Å². The molecule has 126 valence electrons. The zero-order chi connectivity index (χ0) is 17.1. The number of thiophene rings is 1. The molecular formula is C18H20ClN3S2. The Hall–Kier alpha value is -1.30. The molecule has 24 heavy (non-hydrogen) atoms. The fourth-order valence-electron chi connectivity index (χ4n) is 2.48. The van der Waals surface area contributed by atoms with Crippen LogP contribution in [0.2, 0.25) is 5.02 Å². The number of halogens is 1. The summed E-state index contributed by atoms with van der Waals surface area (Å²) in [6.45, 7) is 7.43. The molecule has 0 aliphatic heterocycles. The van der Waals surface area contributed by atoms with Gasteiger partial charge in [0, 0.05) is 33.1 Å². The van der Waals surface area contributed by atoms with Crippen LogP contribution in [0.5, 0.6) is 0 Å². The van der Waals surface area contributed by atoms with Crippen molar-refractivity contribution >= 4 is 34.7 Å². The van der Waals surface area contributed by atoms with Crippen LogP contribution < -0.4 is 0 Å². The van der Waals surface area contributed by atoms with E-state index in [0.717, 1.165) is 34.7 Å². The van der Waals surface area contributed by atoms with Gasteiger partial charge in [0.05, 0.1) is 0 Å². The third-order valence-corrected chi connectivity index (χ3v) is 6.27. The summed E-state index contributed by atoms with van der Waals surface area (Å²) in [6.07, 6.45) is 1.06. The molecule has 2 aromatic heterocycles. The maximum atomic E-state index is 5.95. The molecule has 3 rings (SSSR count). The smallest absolute Gasteiger partial charge is 0.191 e.